The van der Waals surface area contributed by atoms with Crippen molar-refractivity contribution < 1.29 is 5.11 Å². The highest BCUT2D eigenvalue weighted by Gasteiger charge is 2.23. The molecule has 1 aromatic rings. The second-order valence-electron chi connectivity index (χ2n) is 4.18. The highest BCUT2D eigenvalue weighted by Crippen LogP contribution is 2.33. The molecule has 15 heavy (non-hydrogen) atoms. The van der Waals surface area contributed by atoms with E-state index in [1.807, 2.05) is 6.92 Å². The summed E-state index contributed by atoms with van der Waals surface area (Å²) in [5.41, 5.74) is 2.81. The van der Waals surface area contributed by atoms with Gasteiger partial charge in [-0.1, -0.05) is 22.0 Å². The second kappa shape index (κ2) is 4.64. The topological polar surface area (TPSA) is 32.3 Å². The zero-order chi connectivity index (χ0) is 10.8. The van der Waals surface area contributed by atoms with Crippen molar-refractivity contribution in [2.45, 2.75) is 31.8 Å². The van der Waals surface area contributed by atoms with Gasteiger partial charge >= 0.3 is 0 Å². The van der Waals surface area contributed by atoms with Crippen molar-refractivity contribution in [2.24, 2.45) is 0 Å². The quantitative estimate of drug-likeness (QED) is 0.884. The van der Waals surface area contributed by atoms with Gasteiger partial charge in [0.1, 0.15) is 0 Å². The van der Waals surface area contributed by atoms with Crippen molar-refractivity contribution in [3.63, 3.8) is 0 Å². The van der Waals surface area contributed by atoms with Crippen LogP contribution in [0.5, 0.6) is 0 Å². The minimum atomic E-state index is 0.171. The fourth-order valence-corrected chi connectivity index (χ4v) is 2.56. The minimum absolute atomic E-state index is 0.171. The van der Waals surface area contributed by atoms with Gasteiger partial charge in [-0.3, -0.25) is 0 Å². The summed E-state index contributed by atoms with van der Waals surface area (Å²) in [6.07, 6.45) is 2.26. The molecule has 2 unspecified atom stereocenters. The lowest BCUT2D eigenvalue weighted by molar-refractivity contribution is 0.240. The zero-order valence-corrected chi connectivity index (χ0v) is 10.4. The standard InChI is InChI=1S/C12H16BrNO/c1-8(7-15)14-12-5-2-9-6-10(13)3-4-11(9)12/h3-4,6,8,12,14-15H,2,5,7H2,1H3. The van der Waals surface area contributed by atoms with E-state index in [0.717, 1.165) is 17.3 Å². The molecule has 0 heterocycles. The van der Waals surface area contributed by atoms with E-state index in [1.165, 1.54) is 11.1 Å². The molecule has 0 radical (unpaired) electrons. The van der Waals surface area contributed by atoms with Crippen LogP contribution in [-0.2, 0) is 6.42 Å². The maximum absolute atomic E-state index is 9.02. The number of aliphatic hydroxyl groups excluding tert-OH is 1. The number of hydrogen-bond acceptors (Lipinski definition) is 2. The minimum Gasteiger partial charge on any atom is -0.395 e. The molecule has 82 valence electrons. The lowest BCUT2D eigenvalue weighted by Crippen LogP contribution is -2.32. The number of rotatable bonds is 3. The molecule has 0 amide bonds. The molecule has 3 heteroatoms. The SMILES string of the molecule is CC(CO)NC1CCc2cc(Br)ccc21. The Hall–Kier alpha value is -0.380. The molecule has 1 aromatic carbocycles. The van der Waals surface area contributed by atoms with Gasteiger partial charge < -0.3 is 10.4 Å². The van der Waals surface area contributed by atoms with Crippen LogP contribution in [0.2, 0.25) is 0 Å². The van der Waals surface area contributed by atoms with Gasteiger partial charge in [-0.05, 0) is 43.0 Å². The van der Waals surface area contributed by atoms with E-state index in [2.05, 4.69) is 39.4 Å². The smallest absolute Gasteiger partial charge is 0.0582 e. The summed E-state index contributed by atoms with van der Waals surface area (Å²) in [7, 11) is 0. The number of fused-ring (bicyclic) bond motifs is 1. The van der Waals surface area contributed by atoms with Gasteiger partial charge in [-0.2, -0.15) is 0 Å². The van der Waals surface area contributed by atoms with E-state index in [0.29, 0.717) is 6.04 Å². The van der Waals surface area contributed by atoms with E-state index in [1.54, 1.807) is 0 Å². The maximum Gasteiger partial charge on any atom is 0.0582 e. The summed E-state index contributed by atoms with van der Waals surface area (Å²) in [4.78, 5) is 0. The third kappa shape index (κ3) is 2.41. The predicted octanol–water partition coefficient (Wildman–Crippen LogP) is 2.41. The predicted molar refractivity (Wildman–Crippen MR) is 64.9 cm³/mol. The molecular formula is C12H16BrNO. The van der Waals surface area contributed by atoms with Crippen molar-refractivity contribution in [3.8, 4) is 0 Å². The van der Waals surface area contributed by atoms with E-state index in [-0.39, 0.29) is 12.6 Å². The summed E-state index contributed by atoms with van der Waals surface area (Å²) >= 11 is 3.49. The first-order valence-electron chi connectivity index (χ1n) is 5.36. The maximum atomic E-state index is 9.02. The van der Waals surface area contributed by atoms with Gasteiger partial charge in [0.25, 0.3) is 0 Å². The van der Waals surface area contributed by atoms with Gasteiger partial charge in [0, 0.05) is 16.6 Å². The Morgan fingerprint density at radius 2 is 2.40 bits per heavy atom. The normalized spacial score (nSPS) is 21.4. The molecule has 2 nitrogen and oxygen atoms in total. The molecule has 2 rings (SSSR count). The molecule has 1 aliphatic carbocycles. The molecule has 0 fully saturated rings. The van der Waals surface area contributed by atoms with Gasteiger partial charge in [0.15, 0.2) is 0 Å². The number of aliphatic hydroxyl groups is 1. The van der Waals surface area contributed by atoms with Crippen LogP contribution in [0.25, 0.3) is 0 Å². The molecule has 2 N–H and O–H groups in total. The monoisotopic (exact) mass is 269 g/mol. The number of aryl methyl sites for hydroxylation is 1. The van der Waals surface area contributed by atoms with E-state index in [4.69, 9.17) is 5.11 Å². The summed E-state index contributed by atoms with van der Waals surface area (Å²) in [6, 6.07) is 7.04. The van der Waals surface area contributed by atoms with E-state index < -0.39 is 0 Å². The Morgan fingerprint density at radius 1 is 1.60 bits per heavy atom. The molecule has 2 atom stereocenters. The molecule has 0 saturated carbocycles. The van der Waals surface area contributed by atoms with Crippen LogP contribution >= 0.6 is 15.9 Å². The first-order valence-corrected chi connectivity index (χ1v) is 6.15. The van der Waals surface area contributed by atoms with Crippen LogP contribution in [0.4, 0.5) is 0 Å². The Kier molecular flexibility index (Phi) is 3.44. The lowest BCUT2D eigenvalue weighted by Gasteiger charge is -2.18. The molecule has 0 aromatic heterocycles. The highest BCUT2D eigenvalue weighted by molar-refractivity contribution is 9.10. The Bertz CT molecular complexity index is 353. The van der Waals surface area contributed by atoms with Gasteiger partial charge in [-0.15, -0.1) is 0 Å². The van der Waals surface area contributed by atoms with Gasteiger partial charge in [0.2, 0.25) is 0 Å². The van der Waals surface area contributed by atoms with Crippen LogP contribution in [0, 0.1) is 0 Å². The van der Waals surface area contributed by atoms with Crippen molar-refractivity contribution >= 4 is 15.9 Å². The number of hydrogen-bond donors (Lipinski definition) is 2. The number of benzene rings is 1. The van der Waals surface area contributed by atoms with Crippen molar-refractivity contribution in [2.75, 3.05) is 6.61 Å². The zero-order valence-electron chi connectivity index (χ0n) is 8.83. The van der Waals surface area contributed by atoms with E-state index >= 15 is 0 Å². The average molecular weight is 270 g/mol. The van der Waals surface area contributed by atoms with Crippen LogP contribution in [0.15, 0.2) is 22.7 Å². The molecule has 0 bridgehead atoms. The van der Waals surface area contributed by atoms with Crippen molar-refractivity contribution in [1.29, 1.82) is 0 Å². The van der Waals surface area contributed by atoms with Gasteiger partial charge in [0.05, 0.1) is 6.61 Å². The average Bonchev–Trinajstić information content (AvgIpc) is 2.60. The van der Waals surface area contributed by atoms with Crippen LogP contribution in [0.3, 0.4) is 0 Å². The molecule has 0 spiro atoms. The Balaban J connectivity index is 2.14. The third-order valence-electron chi connectivity index (χ3n) is 2.94. The summed E-state index contributed by atoms with van der Waals surface area (Å²) < 4.78 is 1.15. The largest absolute Gasteiger partial charge is 0.395 e. The fraction of sp³-hybridized carbons (Fsp3) is 0.500. The third-order valence-corrected chi connectivity index (χ3v) is 3.44. The first-order chi connectivity index (χ1) is 7.20. The van der Waals surface area contributed by atoms with Crippen molar-refractivity contribution in [1.82, 2.24) is 5.32 Å². The van der Waals surface area contributed by atoms with Crippen LogP contribution in [-0.4, -0.2) is 17.8 Å². The van der Waals surface area contributed by atoms with Crippen molar-refractivity contribution in [3.05, 3.63) is 33.8 Å². The summed E-state index contributed by atoms with van der Waals surface area (Å²) in [6.45, 7) is 2.21. The Labute approximate surface area is 98.8 Å². The van der Waals surface area contributed by atoms with Gasteiger partial charge in [-0.25, -0.2) is 0 Å². The second-order valence-corrected chi connectivity index (χ2v) is 5.10. The molecular weight excluding hydrogens is 254 g/mol. The fourth-order valence-electron chi connectivity index (χ4n) is 2.16. The highest BCUT2D eigenvalue weighted by atomic mass is 79.9. The Morgan fingerprint density at radius 3 is 3.13 bits per heavy atom. The molecule has 0 aliphatic heterocycles. The number of nitrogens with one attached hydrogen (secondary N) is 1. The van der Waals surface area contributed by atoms with Crippen LogP contribution in [0.1, 0.15) is 30.5 Å². The summed E-state index contributed by atoms with van der Waals surface area (Å²) in [5, 5.41) is 12.5. The molecule has 1 aliphatic rings. The van der Waals surface area contributed by atoms with E-state index in [9.17, 15) is 0 Å². The lowest BCUT2D eigenvalue weighted by atomic mass is 10.1. The van der Waals surface area contributed by atoms with Crippen LogP contribution < -0.4 is 5.32 Å². The first kappa shape index (κ1) is 11.1. The summed E-state index contributed by atoms with van der Waals surface area (Å²) in [5.74, 6) is 0. The number of halogens is 1. The molecule has 0 saturated heterocycles.